The van der Waals surface area contributed by atoms with Gasteiger partial charge in [-0.1, -0.05) is 46.9 Å². The normalized spacial score (nSPS) is 11.4. The number of aryl methyl sites for hydroxylation is 3. The third kappa shape index (κ3) is 3.50. The molecule has 0 bridgehead atoms. The zero-order valence-corrected chi connectivity index (χ0v) is 18.7. The summed E-state index contributed by atoms with van der Waals surface area (Å²) in [6.07, 6.45) is 0.809. The minimum atomic E-state index is -0.0261. The molecule has 0 N–H and O–H groups in total. The van der Waals surface area contributed by atoms with Crippen molar-refractivity contribution in [3.05, 3.63) is 60.7 Å². The Morgan fingerprint density at radius 3 is 2.79 bits per heavy atom. The molecule has 9 heteroatoms. The summed E-state index contributed by atoms with van der Waals surface area (Å²) >= 11 is 10.3. The fraction of sp³-hybridized carbons (Fsp3) is 0.263. The first-order chi connectivity index (χ1) is 13.5. The lowest BCUT2D eigenvalue weighted by Gasteiger charge is -2.12. The Bertz CT molecular complexity index is 1230. The molecule has 0 saturated carbocycles. The van der Waals surface area contributed by atoms with Crippen molar-refractivity contribution in [2.24, 2.45) is 0 Å². The number of benzene rings is 1. The van der Waals surface area contributed by atoms with Crippen LogP contribution in [0.15, 0.2) is 34.2 Å². The minimum Gasteiger partial charge on any atom is -0.268 e. The lowest BCUT2D eigenvalue weighted by atomic mass is 10.1. The van der Waals surface area contributed by atoms with Crippen molar-refractivity contribution < 1.29 is 0 Å². The Morgan fingerprint density at radius 1 is 1.29 bits per heavy atom. The van der Waals surface area contributed by atoms with E-state index in [1.807, 2.05) is 31.2 Å². The molecule has 0 amide bonds. The number of rotatable bonds is 5. The average molecular weight is 449 g/mol. The molecule has 0 aliphatic heterocycles. The van der Waals surface area contributed by atoms with E-state index in [9.17, 15) is 4.79 Å². The molecule has 1 aromatic carbocycles. The van der Waals surface area contributed by atoms with Crippen LogP contribution in [-0.2, 0) is 12.2 Å². The quantitative estimate of drug-likeness (QED) is 0.301. The third-order valence-corrected chi connectivity index (χ3v) is 7.43. The zero-order valence-electron chi connectivity index (χ0n) is 15.5. The molecule has 0 fully saturated rings. The number of halogens is 1. The second-order valence-corrected chi connectivity index (χ2v) is 9.83. The Kier molecular flexibility index (Phi) is 5.55. The van der Waals surface area contributed by atoms with Crippen LogP contribution in [0, 0.1) is 13.8 Å². The standard InChI is InChI=1S/C19H17ClN4OS3/c1-4-13-11(3)27-17-15(13)18(25)24(12-7-5-6-10(2)8-12)19(21-17)26-9-14-16(20)28-23-22-14/h5-8H,4,9H2,1-3H3. The summed E-state index contributed by atoms with van der Waals surface area (Å²) in [6, 6.07) is 7.91. The lowest BCUT2D eigenvalue weighted by molar-refractivity contribution is 0.819. The van der Waals surface area contributed by atoms with Gasteiger partial charge >= 0.3 is 0 Å². The van der Waals surface area contributed by atoms with Gasteiger partial charge in [0.2, 0.25) is 0 Å². The number of thiophene rings is 1. The zero-order chi connectivity index (χ0) is 19.8. The van der Waals surface area contributed by atoms with Crippen LogP contribution in [-0.4, -0.2) is 19.1 Å². The molecule has 144 valence electrons. The van der Waals surface area contributed by atoms with E-state index in [0.717, 1.165) is 49.9 Å². The SMILES string of the molecule is CCc1c(C)sc2nc(SCc3nnsc3Cl)n(-c3cccc(C)c3)c(=O)c12. The van der Waals surface area contributed by atoms with Crippen LogP contribution in [0.5, 0.6) is 0 Å². The van der Waals surface area contributed by atoms with E-state index in [-0.39, 0.29) is 5.56 Å². The summed E-state index contributed by atoms with van der Waals surface area (Å²) in [5.74, 6) is 0.504. The molecular formula is C19H17ClN4OS3. The summed E-state index contributed by atoms with van der Waals surface area (Å²) in [5, 5.41) is 5.43. The van der Waals surface area contributed by atoms with Crippen LogP contribution in [0.25, 0.3) is 15.9 Å². The Labute approximate surface area is 179 Å². The van der Waals surface area contributed by atoms with Crippen molar-refractivity contribution in [2.75, 3.05) is 0 Å². The van der Waals surface area contributed by atoms with Gasteiger partial charge in [0, 0.05) is 22.2 Å². The van der Waals surface area contributed by atoms with E-state index in [1.165, 1.54) is 11.8 Å². The van der Waals surface area contributed by atoms with Gasteiger partial charge in [-0.25, -0.2) is 4.98 Å². The predicted octanol–water partition coefficient (Wildman–Crippen LogP) is 5.42. The third-order valence-electron chi connectivity index (χ3n) is 4.46. The van der Waals surface area contributed by atoms with Gasteiger partial charge in [0.25, 0.3) is 5.56 Å². The van der Waals surface area contributed by atoms with E-state index in [4.69, 9.17) is 16.6 Å². The highest BCUT2D eigenvalue weighted by Gasteiger charge is 2.20. The molecule has 4 rings (SSSR count). The van der Waals surface area contributed by atoms with E-state index in [0.29, 0.717) is 20.9 Å². The van der Waals surface area contributed by atoms with Gasteiger partial charge in [0.15, 0.2) is 5.16 Å². The highest BCUT2D eigenvalue weighted by Crippen LogP contribution is 2.32. The number of fused-ring (bicyclic) bond motifs is 1. The summed E-state index contributed by atoms with van der Waals surface area (Å²) in [4.78, 5) is 20.3. The largest absolute Gasteiger partial charge is 0.268 e. The maximum atomic E-state index is 13.5. The molecule has 0 saturated heterocycles. The predicted molar refractivity (Wildman–Crippen MR) is 119 cm³/mol. The molecule has 28 heavy (non-hydrogen) atoms. The van der Waals surface area contributed by atoms with Gasteiger partial charge in [-0.15, -0.1) is 16.4 Å². The first kappa shape index (κ1) is 19.6. The van der Waals surface area contributed by atoms with Crippen LogP contribution in [0.1, 0.15) is 28.6 Å². The van der Waals surface area contributed by atoms with E-state index in [2.05, 4.69) is 23.4 Å². The highest BCUT2D eigenvalue weighted by molar-refractivity contribution is 7.98. The molecule has 3 aromatic heterocycles. The Balaban J connectivity index is 1.92. The van der Waals surface area contributed by atoms with Crippen molar-refractivity contribution >= 4 is 56.4 Å². The van der Waals surface area contributed by atoms with Crippen molar-refractivity contribution in [3.8, 4) is 5.69 Å². The molecular weight excluding hydrogens is 432 g/mol. The van der Waals surface area contributed by atoms with Gasteiger partial charge in [-0.3, -0.25) is 9.36 Å². The number of aromatic nitrogens is 4. The van der Waals surface area contributed by atoms with Crippen molar-refractivity contribution in [2.45, 2.75) is 38.1 Å². The number of hydrogen-bond donors (Lipinski definition) is 0. The maximum Gasteiger partial charge on any atom is 0.267 e. The van der Waals surface area contributed by atoms with Crippen LogP contribution in [0.2, 0.25) is 4.34 Å². The monoisotopic (exact) mass is 448 g/mol. The van der Waals surface area contributed by atoms with Gasteiger partial charge < -0.3 is 0 Å². The first-order valence-electron chi connectivity index (χ1n) is 8.71. The van der Waals surface area contributed by atoms with Crippen molar-refractivity contribution in [1.29, 1.82) is 0 Å². The van der Waals surface area contributed by atoms with Crippen molar-refractivity contribution in [3.63, 3.8) is 0 Å². The second kappa shape index (κ2) is 7.94. The number of nitrogens with zero attached hydrogens (tertiary/aromatic N) is 4. The van der Waals surface area contributed by atoms with Gasteiger partial charge in [0.1, 0.15) is 14.9 Å². The minimum absolute atomic E-state index is 0.0261. The van der Waals surface area contributed by atoms with E-state index in [1.54, 1.807) is 15.9 Å². The fourth-order valence-electron chi connectivity index (χ4n) is 3.13. The molecule has 0 atom stereocenters. The fourth-order valence-corrected chi connectivity index (χ4v) is 6.03. The molecule has 0 radical (unpaired) electrons. The molecule has 4 aromatic rings. The summed E-state index contributed by atoms with van der Waals surface area (Å²) in [7, 11) is 0. The molecule has 0 spiro atoms. The average Bonchev–Trinajstić information content (AvgIpc) is 3.21. The Hall–Kier alpha value is -1.74. The molecule has 0 unspecified atom stereocenters. The van der Waals surface area contributed by atoms with Crippen LogP contribution in [0.4, 0.5) is 0 Å². The molecule has 0 aliphatic carbocycles. The topological polar surface area (TPSA) is 60.7 Å². The van der Waals surface area contributed by atoms with Gasteiger partial charge in [-0.05, 0) is 43.5 Å². The van der Waals surface area contributed by atoms with E-state index < -0.39 is 0 Å². The summed E-state index contributed by atoms with van der Waals surface area (Å²) < 4.78 is 6.15. The number of thioether (sulfide) groups is 1. The molecule has 3 heterocycles. The van der Waals surface area contributed by atoms with Crippen LogP contribution < -0.4 is 5.56 Å². The van der Waals surface area contributed by atoms with E-state index >= 15 is 0 Å². The van der Waals surface area contributed by atoms with Crippen LogP contribution >= 0.6 is 46.2 Å². The molecule has 0 aliphatic rings. The maximum absolute atomic E-state index is 13.5. The summed E-state index contributed by atoms with van der Waals surface area (Å²) in [6.45, 7) is 6.14. The summed E-state index contributed by atoms with van der Waals surface area (Å²) in [5.41, 5.74) is 3.67. The van der Waals surface area contributed by atoms with Crippen molar-refractivity contribution in [1.82, 2.24) is 19.1 Å². The highest BCUT2D eigenvalue weighted by atomic mass is 35.5. The van der Waals surface area contributed by atoms with Gasteiger partial charge in [-0.2, -0.15) is 0 Å². The molecule has 5 nitrogen and oxygen atoms in total. The second-order valence-electron chi connectivity index (χ2n) is 6.33. The van der Waals surface area contributed by atoms with Gasteiger partial charge in [0.05, 0.1) is 11.1 Å². The number of hydrogen-bond acceptors (Lipinski definition) is 7. The smallest absolute Gasteiger partial charge is 0.267 e. The lowest BCUT2D eigenvalue weighted by Crippen LogP contribution is -2.22. The van der Waals surface area contributed by atoms with Crippen LogP contribution in [0.3, 0.4) is 0 Å². The Morgan fingerprint density at radius 2 is 2.11 bits per heavy atom. The first-order valence-corrected chi connectivity index (χ1v) is 11.7.